The summed E-state index contributed by atoms with van der Waals surface area (Å²) in [5.41, 5.74) is 2.39. The van der Waals surface area contributed by atoms with E-state index in [2.05, 4.69) is 21.6 Å². The van der Waals surface area contributed by atoms with E-state index in [0.29, 0.717) is 17.8 Å². The third-order valence-electron chi connectivity index (χ3n) is 4.98. The fourth-order valence-electron chi connectivity index (χ4n) is 3.56. The smallest absolute Gasteiger partial charge is 0.251 e. The summed E-state index contributed by atoms with van der Waals surface area (Å²) in [6, 6.07) is 15.1. The van der Waals surface area contributed by atoms with Crippen molar-refractivity contribution in [2.45, 2.75) is 25.8 Å². The highest BCUT2D eigenvalue weighted by Crippen LogP contribution is 2.27. The van der Waals surface area contributed by atoms with Crippen molar-refractivity contribution in [3.05, 3.63) is 59.7 Å². The molecule has 1 aliphatic rings. The molecule has 1 fully saturated rings. The minimum atomic E-state index is -0.135. The number of benzene rings is 2. The number of carbonyl (C=O) groups is 2. The van der Waals surface area contributed by atoms with Gasteiger partial charge >= 0.3 is 0 Å². The lowest BCUT2D eigenvalue weighted by molar-refractivity contribution is -0.114. The molecular weight excluding hydrogens is 354 g/mol. The zero-order valence-corrected chi connectivity index (χ0v) is 16.4. The minimum absolute atomic E-state index is 0.111. The highest BCUT2D eigenvalue weighted by atomic mass is 16.5. The number of amides is 2. The molecular formula is C22H27N3O3. The van der Waals surface area contributed by atoms with E-state index in [1.807, 2.05) is 18.2 Å². The average Bonchev–Trinajstić information content (AvgIpc) is 3.23. The summed E-state index contributed by atoms with van der Waals surface area (Å²) in [6.45, 7) is 4.05. The minimum Gasteiger partial charge on any atom is -0.497 e. The molecule has 28 heavy (non-hydrogen) atoms. The first kappa shape index (κ1) is 19.9. The van der Waals surface area contributed by atoms with Gasteiger partial charge in [0.15, 0.2) is 0 Å². The Hall–Kier alpha value is -2.86. The van der Waals surface area contributed by atoms with Crippen molar-refractivity contribution < 1.29 is 14.3 Å². The molecule has 3 rings (SSSR count). The van der Waals surface area contributed by atoms with E-state index in [4.69, 9.17) is 4.74 Å². The van der Waals surface area contributed by atoms with Crippen molar-refractivity contribution in [1.82, 2.24) is 10.2 Å². The molecule has 1 atom stereocenters. The van der Waals surface area contributed by atoms with Crippen LogP contribution in [0.4, 0.5) is 5.69 Å². The van der Waals surface area contributed by atoms with Crippen molar-refractivity contribution in [2.24, 2.45) is 0 Å². The van der Waals surface area contributed by atoms with Crippen LogP contribution in [0.5, 0.6) is 5.75 Å². The van der Waals surface area contributed by atoms with Crippen LogP contribution in [0.2, 0.25) is 0 Å². The van der Waals surface area contributed by atoms with Crippen LogP contribution >= 0.6 is 0 Å². The van der Waals surface area contributed by atoms with E-state index >= 15 is 0 Å². The number of nitrogens with zero attached hydrogens (tertiary/aromatic N) is 1. The monoisotopic (exact) mass is 381 g/mol. The normalized spacial score (nSPS) is 15.1. The van der Waals surface area contributed by atoms with E-state index in [9.17, 15) is 9.59 Å². The molecule has 0 aliphatic carbocycles. The van der Waals surface area contributed by atoms with Gasteiger partial charge in [0.2, 0.25) is 5.91 Å². The standard InChI is InChI=1S/C22H27N3O3/c1-16(26)24-19-10-8-17(9-11-19)22(27)23-15-21(25-12-3-4-13-25)18-6-5-7-20(14-18)28-2/h5-11,14,21H,3-4,12-13,15H2,1-2H3,(H,23,27)(H,24,26)/t21-/m0/s1. The third kappa shape index (κ3) is 5.10. The lowest BCUT2D eigenvalue weighted by Gasteiger charge is -2.28. The Labute approximate surface area is 165 Å². The molecule has 0 spiro atoms. The van der Waals surface area contributed by atoms with Crippen molar-refractivity contribution in [2.75, 3.05) is 32.1 Å². The number of methoxy groups -OCH3 is 1. The van der Waals surface area contributed by atoms with Crippen LogP contribution < -0.4 is 15.4 Å². The fourth-order valence-corrected chi connectivity index (χ4v) is 3.56. The Morgan fingerprint density at radius 2 is 1.82 bits per heavy atom. The van der Waals surface area contributed by atoms with E-state index in [-0.39, 0.29) is 17.9 Å². The van der Waals surface area contributed by atoms with Crippen molar-refractivity contribution >= 4 is 17.5 Å². The number of ether oxygens (including phenoxy) is 1. The highest BCUT2D eigenvalue weighted by Gasteiger charge is 2.24. The second-order valence-electron chi connectivity index (χ2n) is 7.00. The molecule has 2 aromatic rings. The van der Waals surface area contributed by atoms with Gasteiger partial charge in [-0.1, -0.05) is 12.1 Å². The summed E-state index contributed by atoms with van der Waals surface area (Å²) >= 11 is 0. The van der Waals surface area contributed by atoms with E-state index in [0.717, 1.165) is 24.4 Å². The van der Waals surface area contributed by atoms with Gasteiger partial charge in [0.05, 0.1) is 13.2 Å². The number of hydrogen-bond acceptors (Lipinski definition) is 4. The van der Waals surface area contributed by atoms with Gasteiger partial charge in [0.1, 0.15) is 5.75 Å². The highest BCUT2D eigenvalue weighted by molar-refractivity contribution is 5.95. The van der Waals surface area contributed by atoms with Crippen LogP contribution in [0.15, 0.2) is 48.5 Å². The maximum absolute atomic E-state index is 12.6. The first-order valence-electron chi connectivity index (χ1n) is 9.60. The molecule has 1 saturated heterocycles. The van der Waals surface area contributed by atoms with Gasteiger partial charge in [-0.15, -0.1) is 0 Å². The number of hydrogen-bond donors (Lipinski definition) is 2. The van der Waals surface area contributed by atoms with Gasteiger partial charge in [-0.25, -0.2) is 0 Å². The topological polar surface area (TPSA) is 70.7 Å². The van der Waals surface area contributed by atoms with E-state index in [1.165, 1.54) is 19.8 Å². The molecule has 6 nitrogen and oxygen atoms in total. The Balaban J connectivity index is 1.68. The average molecular weight is 381 g/mol. The molecule has 1 aliphatic heterocycles. The Morgan fingerprint density at radius 1 is 1.11 bits per heavy atom. The van der Waals surface area contributed by atoms with Crippen LogP contribution in [0.3, 0.4) is 0 Å². The molecule has 0 saturated carbocycles. The van der Waals surface area contributed by atoms with Crippen LogP contribution in [0.25, 0.3) is 0 Å². The quantitative estimate of drug-likeness (QED) is 0.773. The molecule has 2 aromatic carbocycles. The Morgan fingerprint density at radius 3 is 2.46 bits per heavy atom. The molecule has 0 aromatic heterocycles. The van der Waals surface area contributed by atoms with E-state index in [1.54, 1.807) is 31.4 Å². The number of carbonyl (C=O) groups excluding carboxylic acids is 2. The molecule has 6 heteroatoms. The Bertz CT molecular complexity index is 814. The SMILES string of the molecule is COc1cccc([C@H](CNC(=O)c2ccc(NC(C)=O)cc2)N2CCCC2)c1. The zero-order valence-electron chi connectivity index (χ0n) is 16.4. The lowest BCUT2D eigenvalue weighted by atomic mass is 10.0. The number of nitrogens with one attached hydrogen (secondary N) is 2. The summed E-state index contributed by atoms with van der Waals surface area (Å²) in [5.74, 6) is 0.562. The maximum atomic E-state index is 12.6. The predicted molar refractivity (Wildman–Crippen MR) is 110 cm³/mol. The summed E-state index contributed by atoms with van der Waals surface area (Å²) in [6.07, 6.45) is 2.36. The predicted octanol–water partition coefficient (Wildman–Crippen LogP) is 3.22. The van der Waals surface area contributed by atoms with Gasteiger partial charge in [-0.05, 0) is 67.9 Å². The number of anilines is 1. The van der Waals surface area contributed by atoms with E-state index < -0.39 is 0 Å². The molecule has 1 heterocycles. The lowest BCUT2D eigenvalue weighted by Crippen LogP contribution is -2.36. The van der Waals surface area contributed by atoms with Crippen molar-refractivity contribution in [3.63, 3.8) is 0 Å². The van der Waals surface area contributed by atoms with Crippen LogP contribution in [-0.4, -0.2) is 43.5 Å². The van der Waals surface area contributed by atoms with Gasteiger partial charge < -0.3 is 15.4 Å². The fraction of sp³-hybridized carbons (Fsp3) is 0.364. The summed E-state index contributed by atoms with van der Waals surface area (Å²) in [5, 5.41) is 5.76. The largest absolute Gasteiger partial charge is 0.497 e. The number of likely N-dealkylation sites (tertiary alicyclic amines) is 1. The maximum Gasteiger partial charge on any atom is 0.251 e. The van der Waals surface area contributed by atoms with Crippen LogP contribution in [0.1, 0.15) is 41.7 Å². The van der Waals surface area contributed by atoms with Crippen LogP contribution in [0, 0.1) is 0 Å². The molecule has 0 unspecified atom stereocenters. The van der Waals surface area contributed by atoms with Crippen LogP contribution in [-0.2, 0) is 4.79 Å². The van der Waals surface area contributed by atoms with Gasteiger partial charge in [-0.3, -0.25) is 14.5 Å². The Kier molecular flexibility index (Phi) is 6.66. The second-order valence-corrected chi connectivity index (χ2v) is 7.00. The van der Waals surface area contributed by atoms with Crippen molar-refractivity contribution in [1.29, 1.82) is 0 Å². The number of rotatable bonds is 7. The zero-order chi connectivity index (χ0) is 19.9. The molecule has 0 bridgehead atoms. The molecule has 148 valence electrons. The summed E-state index contributed by atoms with van der Waals surface area (Å²) < 4.78 is 5.37. The van der Waals surface area contributed by atoms with Crippen molar-refractivity contribution in [3.8, 4) is 5.75 Å². The first-order chi connectivity index (χ1) is 13.6. The second kappa shape index (κ2) is 9.37. The molecule has 2 amide bonds. The van der Waals surface area contributed by atoms with Gasteiger partial charge in [0, 0.05) is 24.7 Å². The third-order valence-corrected chi connectivity index (χ3v) is 4.98. The summed E-state index contributed by atoms with van der Waals surface area (Å²) in [7, 11) is 1.66. The molecule has 2 N–H and O–H groups in total. The first-order valence-corrected chi connectivity index (χ1v) is 9.60. The van der Waals surface area contributed by atoms with Gasteiger partial charge in [0.25, 0.3) is 5.91 Å². The molecule has 0 radical (unpaired) electrons. The summed E-state index contributed by atoms with van der Waals surface area (Å²) in [4.78, 5) is 26.1. The van der Waals surface area contributed by atoms with Gasteiger partial charge in [-0.2, -0.15) is 0 Å².